The summed E-state index contributed by atoms with van der Waals surface area (Å²) in [6.07, 6.45) is 3.63. The second kappa shape index (κ2) is 5.26. The number of para-hydroxylation sites is 2. The Labute approximate surface area is 136 Å². The highest BCUT2D eigenvalue weighted by Gasteiger charge is 2.34. The molecule has 3 rings (SSSR count). The lowest BCUT2D eigenvalue weighted by molar-refractivity contribution is -0.124. The molecule has 0 aliphatic carbocycles. The van der Waals surface area contributed by atoms with Crippen molar-refractivity contribution in [2.75, 3.05) is 19.0 Å². The van der Waals surface area contributed by atoms with Crippen LogP contribution in [-0.2, 0) is 4.79 Å². The maximum Gasteiger partial charge on any atom is 0.275 e. The van der Waals surface area contributed by atoms with Gasteiger partial charge in [-0.3, -0.25) is 4.79 Å². The number of amides is 1. The molecule has 2 aliphatic heterocycles. The molecule has 5 nitrogen and oxygen atoms in total. The molecule has 5 heteroatoms. The molecule has 120 valence electrons. The lowest BCUT2D eigenvalue weighted by Crippen LogP contribution is -2.23. The lowest BCUT2D eigenvalue weighted by atomic mass is 9.85. The number of hydrogen-bond acceptors (Lipinski definition) is 4. The number of likely N-dealkylation sites (N-methyl/N-ethyl adjacent to an activating group) is 1. The Balaban J connectivity index is 1.94. The highest BCUT2D eigenvalue weighted by atomic mass is 16.5. The van der Waals surface area contributed by atoms with Gasteiger partial charge in [0.1, 0.15) is 0 Å². The number of carbonyl (C=O) groups excluding carboxylic acids is 1. The van der Waals surface area contributed by atoms with Crippen LogP contribution < -0.4 is 9.64 Å². The Morgan fingerprint density at radius 3 is 2.48 bits per heavy atom. The van der Waals surface area contributed by atoms with E-state index in [-0.39, 0.29) is 11.3 Å². The molecule has 0 saturated carbocycles. The second-order valence-corrected chi connectivity index (χ2v) is 6.74. The van der Waals surface area contributed by atoms with Crippen LogP contribution in [0.15, 0.2) is 53.0 Å². The number of anilines is 1. The van der Waals surface area contributed by atoms with Gasteiger partial charge in [-0.05, 0) is 24.3 Å². The van der Waals surface area contributed by atoms with E-state index in [1.54, 1.807) is 13.1 Å². The zero-order chi connectivity index (χ0) is 16.8. The van der Waals surface area contributed by atoms with Crippen molar-refractivity contribution < 1.29 is 9.53 Å². The Morgan fingerprint density at radius 2 is 1.83 bits per heavy atom. The number of allylic oxidation sites excluding steroid dienone is 2. The van der Waals surface area contributed by atoms with E-state index in [4.69, 9.17) is 4.74 Å². The molecule has 0 atom stereocenters. The Hall–Kier alpha value is -2.56. The van der Waals surface area contributed by atoms with Crippen molar-refractivity contribution in [3.63, 3.8) is 0 Å². The quantitative estimate of drug-likeness (QED) is 0.748. The normalized spacial score (nSPS) is 21.1. The SMILES string of the molecule is CN1N=C(C(C)(C)C)/C(=C\C=C2\Oc3ccccc3N2C)C1=O. The highest BCUT2D eigenvalue weighted by molar-refractivity contribution is 6.26. The van der Waals surface area contributed by atoms with Crippen molar-refractivity contribution in [3.05, 3.63) is 47.9 Å². The first-order valence-corrected chi connectivity index (χ1v) is 7.59. The fraction of sp³-hybridized carbons (Fsp3) is 0.333. The van der Waals surface area contributed by atoms with Crippen LogP contribution in [0.25, 0.3) is 0 Å². The molecule has 0 aromatic heterocycles. The number of fused-ring (bicyclic) bond motifs is 1. The van der Waals surface area contributed by atoms with Gasteiger partial charge in [0.2, 0.25) is 0 Å². The molecular weight excluding hydrogens is 290 g/mol. The van der Waals surface area contributed by atoms with Crippen molar-refractivity contribution in [3.8, 4) is 5.75 Å². The predicted molar refractivity (Wildman–Crippen MR) is 91.3 cm³/mol. The number of ether oxygens (including phenoxy) is 1. The van der Waals surface area contributed by atoms with Crippen LogP contribution in [0.1, 0.15) is 20.8 Å². The minimum atomic E-state index is -0.198. The zero-order valence-corrected chi connectivity index (χ0v) is 14.1. The third kappa shape index (κ3) is 2.63. The molecule has 0 fully saturated rings. The largest absolute Gasteiger partial charge is 0.439 e. The summed E-state index contributed by atoms with van der Waals surface area (Å²) in [7, 11) is 3.62. The maximum absolute atomic E-state index is 12.3. The summed E-state index contributed by atoms with van der Waals surface area (Å²) in [6.45, 7) is 6.15. The molecule has 0 radical (unpaired) electrons. The molecule has 0 spiro atoms. The van der Waals surface area contributed by atoms with Crippen LogP contribution in [-0.4, -0.2) is 30.7 Å². The van der Waals surface area contributed by atoms with Gasteiger partial charge in [0.05, 0.1) is 17.0 Å². The molecule has 2 heterocycles. The van der Waals surface area contributed by atoms with Crippen LogP contribution in [0.2, 0.25) is 0 Å². The minimum absolute atomic E-state index is 0.0926. The topological polar surface area (TPSA) is 45.1 Å². The number of hydrazone groups is 1. The van der Waals surface area contributed by atoms with Gasteiger partial charge in [0, 0.05) is 19.5 Å². The molecular formula is C18H21N3O2. The summed E-state index contributed by atoms with van der Waals surface area (Å²) in [6, 6.07) is 7.84. The first-order chi connectivity index (χ1) is 10.8. The fourth-order valence-electron chi connectivity index (χ4n) is 2.65. The summed E-state index contributed by atoms with van der Waals surface area (Å²) in [5, 5.41) is 5.76. The first kappa shape index (κ1) is 15.3. The molecule has 1 aromatic carbocycles. The Kier molecular flexibility index (Phi) is 3.51. The van der Waals surface area contributed by atoms with Crippen LogP contribution in [0.4, 0.5) is 5.69 Å². The number of benzene rings is 1. The molecule has 1 amide bonds. The van der Waals surface area contributed by atoms with Gasteiger partial charge in [0.15, 0.2) is 11.6 Å². The van der Waals surface area contributed by atoms with Gasteiger partial charge >= 0.3 is 0 Å². The number of rotatable bonds is 1. The second-order valence-electron chi connectivity index (χ2n) is 6.74. The monoisotopic (exact) mass is 311 g/mol. The molecule has 1 aromatic rings. The van der Waals surface area contributed by atoms with Crippen molar-refractivity contribution in [1.29, 1.82) is 0 Å². The van der Waals surface area contributed by atoms with Crippen molar-refractivity contribution in [2.24, 2.45) is 10.5 Å². The van der Waals surface area contributed by atoms with Crippen LogP contribution >= 0.6 is 0 Å². The third-order valence-electron chi connectivity index (χ3n) is 3.90. The van der Waals surface area contributed by atoms with Crippen LogP contribution in [0, 0.1) is 5.41 Å². The summed E-state index contributed by atoms with van der Waals surface area (Å²) in [5.41, 5.74) is 2.22. The van der Waals surface area contributed by atoms with Gasteiger partial charge in [-0.1, -0.05) is 32.9 Å². The zero-order valence-electron chi connectivity index (χ0n) is 14.1. The molecule has 0 N–H and O–H groups in total. The van der Waals surface area contributed by atoms with E-state index in [1.165, 1.54) is 5.01 Å². The fourth-order valence-corrected chi connectivity index (χ4v) is 2.65. The van der Waals surface area contributed by atoms with E-state index in [2.05, 4.69) is 5.10 Å². The van der Waals surface area contributed by atoms with E-state index in [1.807, 2.05) is 63.1 Å². The van der Waals surface area contributed by atoms with Gasteiger partial charge < -0.3 is 9.64 Å². The van der Waals surface area contributed by atoms with E-state index in [0.29, 0.717) is 11.5 Å². The first-order valence-electron chi connectivity index (χ1n) is 7.59. The summed E-state index contributed by atoms with van der Waals surface area (Å²) < 4.78 is 5.84. The standard InChI is InChI=1S/C18H21N3O2/c1-18(2,3)16-12(17(22)21(5)19-16)10-11-15-20(4)13-8-6-7-9-14(13)23-15/h6-11H,1-5H3/b12-10+,15-11+. The van der Waals surface area contributed by atoms with E-state index < -0.39 is 0 Å². The van der Waals surface area contributed by atoms with E-state index >= 15 is 0 Å². The minimum Gasteiger partial charge on any atom is -0.439 e. The Bertz CT molecular complexity index is 754. The summed E-state index contributed by atoms with van der Waals surface area (Å²) in [5.74, 6) is 1.42. The highest BCUT2D eigenvalue weighted by Crippen LogP contribution is 2.37. The van der Waals surface area contributed by atoms with E-state index in [0.717, 1.165) is 17.1 Å². The van der Waals surface area contributed by atoms with Gasteiger partial charge in [-0.2, -0.15) is 5.10 Å². The molecule has 23 heavy (non-hydrogen) atoms. The molecule has 2 aliphatic rings. The van der Waals surface area contributed by atoms with Crippen LogP contribution in [0.5, 0.6) is 5.75 Å². The van der Waals surface area contributed by atoms with E-state index in [9.17, 15) is 4.79 Å². The van der Waals surface area contributed by atoms with Crippen LogP contribution in [0.3, 0.4) is 0 Å². The average Bonchev–Trinajstić information content (AvgIpc) is 2.96. The maximum atomic E-state index is 12.3. The molecule has 0 bridgehead atoms. The predicted octanol–water partition coefficient (Wildman–Crippen LogP) is 3.16. The summed E-state index contributed by atoms with van der Waals surface area (Å²) >= 11 is 0. The average molecular weight is 311 g/mol. The van der Waals surface area contributed by atoms with Crippen molar-refractivity contribution in [1.82, 2.24) is 5.01 Å². The van der Waals surface area contributed by atoms with Gasteiger partial charge in [-0.25, -0.2) is 5.01 Å². The van der Waals surface area contributed by atoms with Crippen molar-refractivity contribution >= 4 is 17.3 Å². The number of hydrogen-bond donors (Lipinski definition) is 0. The lowest BCUT2D eigenvalue weighted by Gasteiger charge is -2.17. The van der Waals surface area contributed by atoms with Gasteiger partial charge in [-0.15, -0.1) is 0 Å². The molecule has 0 unspecified atom stereocenters. The Morgan fingerprint density at radius 1 is 1.13 bits per heavy atom. The smallest absolute Gasteiger partial charge is 0.275 e. The number of carbonyl (C=O) groups is 1. The van der Waals surface area contributed by atoms with Crippen molar-refractivity contribution in [2.45, 2.75) is 20.8 Å². The third-order valence-corrected chi connectivity index (χ3v) is 3.90. The molecule has 0 saturated heterocycles. The van der Waals surface area contributed by atoms with Gasteiger partial charge in [0.25, 0.3) is 5.91 Å². The number of nitrogens with zero attached hydrogens (tertiary/aromatic N) is 3. The summed E-state index contributed by atoms with van der Waals surface area (Å²) in [4.78, 5) is 14.3.